The number of piperidine rings is 1. The van der Waals surface area contributed by atoms with Crippen LogP contribution in [0, 0.1) is 6.92 Å². The lowest BCUT2D eigenvalue weighted by Crippen LogP contribution is -2.65. The van der Waals surface area contributed by atoms with E-state index >= 15 is 0 Å². The van der Waals surface area contributed by atoms with Gasteiger partial charge in [0.05, 0.1) is 10.8 Å². The molecule has 2 bridgehead atoms. The number of aromatic nitrogens is 1. The van der Waals surface area contributed by atoms with E-state index in [0.29, 0.717) is 50.1 Å². The molecule has 9 nitrogen and oxygen atoms in total. The Labute approximate surface area is 248 Å². The molecule has 12 heteroatoms. The second-order valence-electron chi connectivity index (χ2n) is 12.0. The predicted molar refractivity (Wildman–Crippen MR) is 158 cm³/mol. The van der Waals surface area contributed by atoms with Gasteiger partial charge in [-0.3, -0.25) is 9.88 Å². The van der Waals surface area contributed by atoms with Crippen LogP contribution in [0.15, 0.2) is 47.6 Å². The fourth-order valence-corrected chi connectivity index (χ4v) is 11.5. The minimum absolute atomic E-state index is 0.0456. The molecule has 0 amide bonds. The summed E-state index contributed by atoms with van der Waals surface area (Å²) in [7, 11) is -7.13. The molecule has 1 aromatic carbocycles. The lowest BCUT2D eigenvalue weighted by molar-refractivity contribution is -0.0147. The number of hydrogen-bond donors (Lipinski definition) is 0. The largest absolute Gasteiger partial charge is 0.490 e. The lowest BCUT2D eigenvalue weighted by Gasteiger charge is -2.50. The molecule has 41 heavy (non-hydrogen) atoms. The van der Waals surface area contributed by atoms with Crippen LogP contribution < -0.4 is 4.74 Å². The monoisotopic (exact) mass is 622 g/mol. The first kappa shape index (κ1) is 29.3. The second kappa shape index (κ2) is 11.7. The summed E-state index contributed by atoms with van der Waals surface area (Å²) in [6, 6.07) is 9.82. The van der Waals surface area contributed by atoms with Gasteiger partial charge in [0.2, 0.25) is 20.0 Å². The second-order valence-corrected chi connectivity index (χ2v) is 16.3. The summed E-state index contributed by atoms with van der Waals surface area (Å²) in [6.07, 6.45) is 10.3. The Morgan fingerprint density at radius 3 is 2.37 bits per heavy atom. The van der Waals surface area contributed by atoms with Crippen molar-refractivity contribution >= 4 is 31.6 Å². The molecule has 0 unspecified atom stereocenters. The summed E-state index contributed by atoms with van der Waals surface area (Å²) < 4.78 is 62.6. The van der Waals surface area contributed by atoms with Crippen molar-refractivity contribution in [3.63, 3.8) is 0 Å². The maximum Gasteiger partial charge on any atom is 0.245 e. The van der Waals surface area contributed by atoms with Gasteiger partial charge in [-0.25, -0.2) is 16.8 Å². The van der Waals surface area contributed by atoms with Gasteiger partial charge in [-0.15, -0.1) is 0 Å². The molecule has 3 atom stereocenters. The molecule has 4 fully saturated rings. The molecule has 224 valence electrons. The molecule has 0 spiro atoms. The number of ether oxygens (including phenoxy) is 1. The van der Waals surface area contributed by atoms with E-state index in [-0.39, 0.29) is 33.9 Å². The van der Waals surface area contributed by atoms with E-state index in [0.717, 1.165) is 44.3 Å². The van der Waals surface area contributed by atoms with E-state index in [1.165, 1.54) is 4.31 Å². The summed E-state index contributed by atoms with van der Waals surface area (Å²) >= 11 is 6.29. The molecule has 5 heterocycles. The summed E-state index contributed by atoms with van der Waals surface area (Å²) in [5, 5.41) is 0.226. The molecule has 4 saturated heterocycles. The fourth-order valence-electron chi connectivity index (χ4n) is 7.40. The van der Waals surface area contributed by atoms with E-state index in [2.05, 4.69) is 9.88 Å². The molecule has 6 rings (SSSR count). The first-order chi connectivity index (χ1) is 19.6. The third kappa shape index (κ3) is 5.90. The van der Waals surface area contributed by atoms with Crippen LogP contribution in [-0.2, 0) is 20.0 Å². The number of halogens is 1. The minimum Gasteiger partial charge on any atom is -0.490 e. The van der Waals surface area contributed by atoms with Crippen LogP contribution in [0.2, 0.25) is 5.02 Å². The van der Waals surface area contributed by atoms with Crippen molar-refractivity contribution in [2.45, 2.75) is 93.5 Å². The van der Waals surface area contributed by atoms with Gasteiger partial charge in [-0.2, -0.15) is 8.61 Å². The molecule has 0 saturated carbocycles. The van der Waals surface area contributed by atoms with Crippen molar-refractivity contribution in [3.8, 4) is 5.75 Å². The van der Waals surface area contributed by atoms with Crippen LogP contribution in [0.25, 0.3) is 0 Å². The van der Waals surface area contributed by atoms with Gasteiger partial charge in [0.15, 0.2) is 0 Å². The van der Waals surface area contributed by atoms with Crippen LogP contribution in [0.3, 0.4) is 0 Å². The van der Waals surface area contributed by atoms with E-state index < -0.39 is 20.0 Å². The number of pyridine rings is 1. The molecular weight excluding hydrogens is 584 g/mol. The first-order valence-electron chi connectivity index (χ1n) is 14.7. The topological polar surface area (TPSA) is 100 Å². The summed E-state index contributed by atoms with van der Waals surface area (Å²) in [6.45, 7) is 3.27. The lowest BCUT2D eigenvalue weighted by atomic mass is 9.95. The standard InChI is InChI=1S/C29H39ClN4O5S2/c1-21-5-2-8-28(30)29(21)41(37,38)33-15-3-6-22(33)7-4-16-40(35,36)32-19-25(20-32)34-23-9-10-24(34)18-27(17-23)39-26-11-13-31-14-12-26/h2,5,8,11-14,22-25,27H,3-4,6-7,9-10,15-20H2,1H3/t22-,23-,24-/m0/s1. The summed E-state index contributed by atoms with van der Waals surface area (Å²) in [4.78, 5) is 6.79. The van der Waals surface area contributed by atoms with Gasteiger partial charge in [0.1, 0.15) is 16.7 Å². The number of benzene rings is 1. The minimum atomic E-state index is -3.75. The summed E-state index contributed by atoms with van der Waals surface area (Å²) in [5.74, 6) is 0.903. The fraction of sp³-hybridized carbons (Fsp3) is 0.621. The van der Waals surface area contributed by atoms with Gasteiger partial charge in [-0.1, -0.05) is 23.7 Å². The van der Waals surface area contributed by atoms with E-state index in [9.17, 15) is 16.8 Å². The normalized spacial score (nSPS) is 28.1. The average molecular weight is 623 g/mol. The number of aryl methyl sites for hydroxylation is 1. The van der Waals surface area contributed by atoms with Crippen molar-refractivity contribution < 1.29 is 21.6 Å². The van der Waals surface area contributed by atoms with Crippen LogP contribution in [0.4, 0.5) is 0 Å². The highest BCUT2D eigenvalue weighted by atomic mass is 35.5. The third-order valence-electron chi connectivity index (χ3n) is 9.34. The van der Waals surface area contributed by atoms with Crippen molar-refractivity contribution in [3.05, 3.63) is 53.3 Å². The van der Waals surface area contributed by atoms with Gasteiger partial charge in [-0.05, 0) is 82.1 Å². The average Bonchev–Trinajstić information content (AvgIpc) is 3.46. The van der Waals surface area contributed by atoms with Crippen LogP contribution in [-0.4, -0.2) is 91.0 Å². The maximum atomic E-state index is 13.5. The Balaban J connectivity index is 0.996. The first-order valence-corrected chi connectivity index (χ1v) is 18.1. The summed E-state index contributed by atoms with van der Waals surface area (Å²) in [5.41, 5.74) is 0.622. The molecule has 1 aromatic heterocycles. The number of sulfonamides is 2. The molecule has 0 radical (unpaired) electrons. The van der Waals surface area contributed by atoms with Crippen LogP contribution in [0.1, 0.15) is 56.9 Å². The highest BCUT2D eigenvalue weighted by Gasteiger charge is 2.49. The van der Waals surface area contributed by atoms with Gasteiger partial charge < -0.3 is 4.74 Å². The molecule has 4 aliphatic heterocycles. The van der Waals surface area contributed by atoms with E-state index in [1.807, 2.05) is 12.1 Å². The van der Waals surface area contributed by atoms with Crippen molar-refractivity contribution in [1.82, 2.24) is 18.5 Å². The molecule has 0 N–H and O–H groups in total. The van der Waals surface area contributed by atoms with Gasteiger partial charge in [0.25, 0.3) is 0 Å². The van der Waals surface area contributed by atoms with E-state index in [1.54, 1.807) is 41.8 Å². The zero-order valence-corrected chi connectivity index (χ0v) is 25.8. The maximum absolute atomic E-state index is 13.5. The quantitative estimate of drug-likeness (QED) is 0.394. The third-order valence-corrected chi connectivity index (χ3v) is 13.8. The van der Waals surface area contributed by atoms with E-state index in [4.69, 9.17) is 16.3 Å². The molecule has 4 aliphatic rings. The Bertz CT molecular complexity index is 1420. The van der Waals surface area contributed by atoms with Crippen molar-refractivity contribution in [2.75, 3.05) is 25.4 Å². The van der Waals surface area contributed by atoms with Crippen LogP contribution in [0.5, 0.6) is 5.75 Å². The zero-order valence-electron chi connectivity index (χ0n) is 23.4. The number of rotatable bonds is 10. The van der Waals surface area contributed by atoms with Crippen LogP contribution >= 0.6 is 11.6 Å². The molecular formula is C29H39ClN4O5S2. The Hall–Kier alpha value is -1.76. The molecule has 0 aliphatic carbocycles. The SMILES string of the molecule is Cc1cccc(Cl)c1S(=O)(=O)N1CCC[C@H]1CCCS(=O)(=O)N1CC(N2[C@H]3CC[C@H]2CC(Oc2ccncc2)C3)C1. The Morgan fingerprint density at radius 1 is 0.976 bits per heavy atom. The Morgan fingerprint density at radius 2 is 1.68 bits per heavy atom. The molecule has 2 aromatic rings. The van der Waals surface area contributed by atoms with Gasteiger partial charge >= 0.3 is 0 Å². The Kier molecular flexibility index (Phi) is 8.39. The predicted octanol–water partition coefficient (Wildman–Crippen LogP) is 4.07. The van der Waals surface area contributed by atoms with Crippen molar-refractivity contribution in [1.29, 1.82) is 0 Å². The number of hydrogen-bond acceptors (Lipinski definition) is 7. The van der Waals surface area contributed by atoms with Crippen molar-refractivity contribution in [2.24, 2.45) is 0 Å². The highest BCUT2D eigenvalue weighted by molar-refractivity contribution is 7.89. The number of nitrogens with zero attached hydrogens (tertiary/aromatic N) is 4. The van der Waals surface area contributed by atoms with Gasteiger partial charge in [0, 0.05) is 56.2 Å². The highest BCUT2D eigenvalue weighted by Crippen LogP contribution is 2.41. The number of fused-ring (bicyclic) bond motifs is 2. The smallest absolute Gasteiger partial charge is 0.245 e. The zero-order chi connectivity index (χ0) is 28.8.